The van der Waals surface area contributed by atoms with Gasteiger partial charge in [-0.25, -0.2) is 0 Å². The van der Waals surface area contributed by atoms with Crippen molar-refractivity contribution >= 4 is 21.9 Å². The summed E-state index contributed by atoms with van der Waals surface area (Å²) in [6, 6.07) is 16.6. The average Bonchev–Trinajstić information content (AvgIpc) is 2.65. The minimum Gasteiger partial charge on any atom is -0.494 e. The van der Waals surface area contributed by atoms with Gasteiger partial charge in [-0.15, -0.1) is 0 Å². The van der Waals surface area contributed by atoms with Gasteiger partial charge in [0.2, 0.25) is 0 Å². The molecule has 3 nitrogen and oxygen atoms in total. The number of benzene rings is 2. The molecule has 0 unspecified atom stereocenters. The van der Waals surface area contributed by atoms with Crippen molar-refractivity contribution in [2.45, 2.75) is 32.0 Å². The Kier molecular flexibility index (Phi) is 7.06. The molecule has 0 aliphatic carbocycles. The van der Waals surface area contributed by atoms with Crippen LogP contribution in [0.4, 0.5) is 0 Å². The van der Waals surface area contributed by atoms with E-state index < -0.39 is 5.41 Å². The highest BCUT2D eigenvalue weighted by Gasteiger charge is 2.27. The Labute approximate surface area is 158 Å². The van der Waals surface area contributed by atoms with Gasteiger partial charge in [0.05, 0.1) is 19.1 Å². The SMILES string of the molecule is COC(=O)C(C)(C)CCCOc1cccc(-c2ccc(CBr)cc2)c1. The Morgan fingerprint density at radius 1 is 1.08 bits per heavy atom. The second-order valence-corrected chi connectivity index (χ2v) is 7.25. The largest absolute Gasteiger partial charge is 0.494 e. The zero-order valence-electron chi connectivity index (χ0n) is 15.0. The van der Waals surface area contributed by atoms with Gasteiger partial charge in [-0.05, 0) is 55.5 Å². The molecule has 0 spiro atoms. The molecule has 0 radical (unpaired) electrons. The number of rotatable bonds is 8. The smallest absolute Gasteiger partial charge is 0.311 e. The molecular formula is C21H25BrO3. The highest BCUT2D eigenvalue weighted by Crippen LogP contribution is 2.26. The molecule has 2 aromatic rings. The van der Waals surface area contributed by atoms with Gasteiger partial charge in [0.1, 0.15) is 5.75 Å². The Bertz CT molecular complexity index is 693. The number of halogens is 1. The third kappa shape index (κ3) is 5.60. The van der Waals surface area contributed by atoms with Crippen molar-refractivity contribution in [3.63, 3.8) is 0 Å². The van der Waals surface area contributed by atoms with Crippen molar-refractivity contribution < 1.29 is 14.3 Å². The predicted octanol–water partition coefficient (Wildman–Crippen LogP) is 5.61. The van der Waals surface area contributed by atoms with Crippen molar-refractivity contribution in [3.05, 3.63) is 54.1 Å². The second-order valence-electron chi connectivity index (χ2n) is 6.69. The van der Waals surface area contributed by atoms with Crippen LogP contribution in [-0.2, 0) is 14.9 Å². The second kappa shape index (κ2) is 9.04. The fourth-order valence-electron chi connectivity index (χ4n) is 2.63. The molecule has 0 aliphatic rings. The molecule has 0 fully saturated rings. The molecule has 0 atom stereocenters. The number of alkyl halides is 1. The van der Waals surface area contributed by atoms with E-state index in [1.54, 1.807) is 0 Å². The minimum atomic E-state index is -0.475. The van der Waals surface area contributed by atoms with Crippen molar-refractivity contribution in [3.8, 4) is 16.9 Å². The van der Waals surface area contributed by atoms with Crippen LogP contribution in [0, 0.1) is 5.41 Å². The van der Waals surface area contributed by atoms with Crippen molar-refractivity contribution in [1.29, 1.82) is 0 Å². The van der Waals surface area contributed by atoms with Crippen LogP contribution in [-0.4, -0.2) is 19.7 Å². The fraction of sp³-hybridized carbons (Fsp3) is 0.381. The number of methoxy groups -OCH3 is 1. The zero-order valence-corrected chi connectivity index (χ0v) is 16.6. The van der Waals surface area contributed by atoms with E-state index in [1.165, 1.54) is 18.2 Å². The maximum Gasteiger partial charge on any atom is 0.311 e. The topological polar surface area (TPSA) is 35.5 Å². The Morgan fingerprint density at radius 3 is 2.44 bits per heavy atom. The molecule has 2 rings (SSSR count). The summed E-state index contributed by atoms with van der Waals surface area (Å²) in [6.45, 7) is 4.37. The van der Waals surface area contributed by atoms with Gasteiger partial charge in [-0.3, -0.25) is 4.79 Å². The van der Waals surface area contributed by atoms with E-state index in [0.29, 0.717) is 6.61 Å². The fourth-order valence-corrected chi connectivity index (χ4v) is 3.01. The first kappa shape index (κ1) is 19.5. The van der Waals surface area contributed by atoms with E-state index in [1.807, 2.05) is 26.0 Å². The van der Waals surface area contributed by atoms with Gasteiger partial charge >= 0.3 is 5.97 Å². The highest BCUT2D eigenvalue weighted by molar-refractivity contribution is 9.08. The Hall–Kier alpha value is -1.81. The number of ether oxygens (including phenoxy) is 2. The molecule has 0 bridgehead atoms. The first-order valence-corrected chi connectivity index (χ1v) is 9.55. The van der Waals surface area contributed by atoms with Crippen molar-refractivity contribution in [1.82, 2.24) is 0 Å². The molecule has 0 aromatic heterocycles. The summed E-state index contributed by atoms with van der Waals surface area (Å²) >= 11 is 3.46. The number of carbonyl (C=O) groups excluding carboxylic acids is 1. The summed E-state index contributed by atoms with van der Waals surface area (Å²) in [4.78, 5) is 11.7. The lowest BCUT2D eigenvalue weighted by atomic mass is 9.88. The molecule has 0 saturated carbocycles. The molecule has 0 amide bonds. The van der Waals surface area contributed by atoms with Crippen LogP contribution in [0.15, 0.2) is 48.5 Å². The van der Waals surface area contributed by atoms with Crippen LogP contribution < -0.4 is 4.74 Å². The number of carbonyl (C=O) groups is 1. The average molecular weight is 405 g/mol. The predicted molar refractivity (Wildman–Crippen MR) is 105 cm³/mol. The van der Waals surface area contributed by atoms with Crippen molar-refractivity contribution in [2.24, 2.45) is 5.41 Å². The van der Waals surface area contributed by atoms with E-state index in [9.17, 15) is 4.79 Å². The summed E-state index contributed by atoms with van der Waals surface area (Å²) in [5.41, 5.74) is 3.08. The number of hydrogen-bond acceptors (Lipinski definition) is 3. The molecule has 2 aromatic carbocycles. The normalized spacial score (nSPS) is 11.2. The molecule has 4 heteroatoms. The van der Waals surface area contributed by atoms with Gasteiger partial charge in [0.25, 0.3) is 0 Å². The quantitative estimate of drug-likeness (QED) is 0.326. The van der Waals surface area contributed by atoms with Crippen LogP contribution in [0.5, 0.6) is 5.75 Å². The van der Waals surface area contributed by atoms with Gasteiger partial charge in [-0.2, -0.15) is 0 Å². The van der Waals surface area contributed by atoms with E-state index >= 15 is 0 Å². The lowest BCUT2D eigenvalue weighted by Crippen LogP contribution is -2.26. The zero-order chi connectivity index (χ0) is 18.3. The summed E-state index contributed by atoms with van der Waals surface area (Å²) in [5.74, 6) is 0.666. The van der Waals surface area contributed by atoms with Gasteiger partial charge in [-0.1, -0.05) is 52.3 Å². The standard InChI is InChI=1S/C21H25BrO3/c1-21(2,20(23)24-3)12-5-13-25-19-7-4-6-18(14-19)17-10-8-16(15-22)9-11-17/h4,6-11,14H,5,12-13,15H2,1-3H3. The van der Waals surface area contributed by atoms with Crippen LogP contribution in [0.1, 0.15) is 32.3 Å². The molecular weight excluding hydrogens is 380 g/mol. The third-order valence-electron chi connectivity index (χ3n) is 4.23. The van der Waals surface area contributed by atoms with E-state index in [4.69, 9.17) is 9.47 Å². The van der Waals surface area contributed by atoms with Crippen LogP contribution in [0.3, 0.4) is 0 Å². The molecule has 0 heterocycles. The van der Waals surface area contributed by atoms with Gasteiger partial charge < -0.3 is 9.47 Å². The molecule has 25 heavy (non-hydrogen) atoms. The van der Waals surface area contributed by atoms with Gasteiger partial charge in [0.15, 0.2) is 0 Å². The molecule has 134 valence electrons. The summed E-state index contributed by atoms with van der Waals surface area (Å²) in [5, 5.41) is 0.859. The monoisotopic (exact) mass is 404 g/mol. The highest BCUT2D eigenvalue weighted by atomic mass is 79.9. The van der Waals surface area contributed by atoms with Gasteiger partial charge in [0, 0.05) is 5.33 Å². The summed E-state index contributed by atoms with van der Waals surface area (Å²) < 4.78 is 10.7. The maximum atomic E-state index is 11.7. The molecule has 0 saturated heterocycles. The van der Waals surface area contributed by atoms with E-state index in [0.717, 1.165) is 29.5 Å². The lowest BCUT2D eigenvalue weighted by Gasteiger charge is -2.21. The van der Waals surface area contributed by atoms with E-state index in [2.05, 4.69) is 52.3 Å². The van der Waals surface area contributed by atoms with Crippen LogP contribution in [0.25, 0.3) is 11.1 Å². The first-order valence-electron chi connectivity index (χ1n) is 8.43. The maximum absolute atomic E-state index is 11.7. The Balaban J connectivity index is 1.92. The number of esters is 1. The first-order chi connectivity index (χ1) is 12.0. The van der Waals surface area contributed by atoms with Crippen LogP contribution in [0.2, 0.25) is 0 Å². The molecule has 0 aliphatic heterocycles. The minimum absolute atomic E-state index is 0.179. The molecule has 0 N–H and O–H groups in total. The number of hydrogen-bond donors (Lipinski definition) is 0. The summed E-state index contributed by atoms with van der Waals surface area (Å²) in [6.07, 6.45) is 1.53. The lowest BCUT2D eigenvalue weighted by molar-refractivity contribution is -0.151. The van der Waals surface area contributed by atoms with Crippen molar-refractivity contribution in [2.75, 3.05) is 13.7 Å². The Morgan fingerprint density at radius 2 is 1.80 bits per heavy atom. The van der Waals surface area contributed by atoms with Crippen LogP contribution >= 0.6 is 15.9 Å². The van der Waals surface area contributed by atoms with E-state index in [-0.39, 0.29) is 5.97 Å². The summed E-state index contributed by atoms with van der Waals surface area (Å²) in [7, 11) is 1.43. The third-order valence-corrected chi connectivity index (χ3v) is 4.88.